The van der Waals surface area contributed by atoms with Crippen LogP contribution in [0.4, 0.5) is 5.82 Å². The zero-order chi connectivity index (χ0) is 15.5. The summed E-state index contributed by atoms with van der Waals surface area (Å²) < 4.78 is 1.86. The van der Waals surface area contributed by atoms with E-state index in [9.17, 15) is 0 Å². The van der Waals surface area contributed by atoms with Gasteiger partial charge in [-0.15, -0.1) is 0 Å². The number of nitrogens with zero attached hydrogens (tertiary/aromatic N) is 4. The summed E-state index contributed by atoms with van der Waals surface area (Å²) in [7, 11) is 0. The van der Waals surface area contributed by atoms with E-state index in [0.717, 1.165) is 23.6 Å². The van der Waals surface area contributed by atoms with Crippen LogP contribution in [0, 0.1) is 12.8 Å². The lowest BCUT2D eigenvalue weighted by Gasteiger charge is -2.22. The van der Waals surface area contributed by atoms with Crippen LogP contribution < -0.4 is 5.32 Å². The van der Waals surface area contributed by atoms with Gasteiger partial charge in [-0.1, -0.05) is 19.9 Å². The molecule has 0 aliphatic rings. The minimum atomic E-state index is 0.389. The van der Waals surface area contributed by atoms with Gasteiger partial charge in [0.15, 0.2) is 5.82 Å². The number of fused-ring (bicyclic) bond motifs is 1. The van der Waals surface area contributed by atoms with Crippen molar-refractivity contribution in [2.75, 3.05) is 11.9 Å². The Morgan fingerprint density at radius 1 is 1.27 bits per heavy atom. The number of aryl methyl sites for hydroxylation is 1. The van der Waals surface area contributed by atoms with Crippen molar-refractivity contribution in [1.29, 1.82) is 0 Å². The second-order valence-electron chi connectivity index (χ2n) is 5.91. The number of pyridine rings is 1. The highest BCUT2D eigenvalue weighted by atomic mass is 15.2. The van der Waals surface area contributed by atoms with Gasteiger partial charge in [-0.05, 0) is 30.5 Å². The zero-order valence-corrected chi connectivity index (χ0v) is 13.2. The fourth-order valence-electron chi connectivity index (χ4n) is 2.72. The van der Waals surface area contributed by atoms with E-state index in [1.54, 1.807) is 6.20 Å². The average Bonchev–Trinajstić information content (AvgIpc) is 2.89. The normalized spacial score (nSPS) is 12.7. The Morgan fingerprint density at radius 3 is 2.86 bits per heavy atom. The molecule has 1 atom stereocenters. The Bertz CT molecular complexity index is 748. The van der Waals surface area contributed by atoms with Gasteiger partial charge >= 0.3 is 0 Å². The summed E-state index contributed by atoms with van der Waals surface area (Å²) in [6.07, 6.45) is 7.40. The third-order valence-electron chi connectivity index (χ3n) is 3.92. The van der Waals surface area contributed by atoms with E-state index in [0.29, 0.717) is 11.8 Å². The molecule has 0 bridgehead atoms. The molecule has 5 nitrogen and oxygen atoms in total. The Hall–Kier alpha value is -2.43. The van der Waals surface area contributed by atoms with Crippen LogP contribution >= 0.6 is 0 Å². The minimum Gasteiger partial charge on any atom is -0.368 e. The van der Waals surface area contributed by atoms with Gasteiger partial charge in [0.05, 0.1) is 5.69 Å². The minimum absolute atomic E-state index is 0.389. The SMILES string of the molecule is Cc1cc2c(NCC(c3cccnc3)C(C)C)nccn2n1. The fourth-order valence-corrected chi connectivity index (χ4v) is 2.72. The van der Waals surface area contributed by atoms with Crippen LogP contribution in [-0.2, 0) is 0 Å². The van der Waals surface area contributed by atoms with Crippen molar-refractivity contribution in [3.63, 3.8) is 0 Å². The van der Waals surface area contributed by atoms with Gasteiger partial charge in [0.2, 0.25) is 0 Å². The third-order valence-corrected chi connectivity index (χ3v) is 3.92. The molecule has 5 heteroatoms. The molecule has 114 valence electrons. The maximum atomic E-state index is 4.46. The van der Waals surface area contributed by atoms with E-state index in [2.05, 4.69) is 40.3 Å². The number of anilines is 1. The van der Waals surface area contributed by atoms with Crippen LogP contribution in [-0.4, -0.2) is 26.1 Å². The molecule has 3 rings (SSSR count). The van der Waals surface area contributed by atoms with Crippen LogP contribution in [0.5, 0.6) is 0 Å². The van der Waals surface area contributed by atoms with Gasteiger partial charge in [0, 0.05) is 37.3 Å². The molecule has 3 heterocycles. The van der Waals surface area contributed by atoms with Crippen LogP contribution in [0.1, 0.15) is 31.0 Å². The molecule has 0 saturated heterocycles. The molecule has 0 fully saturated rings. The van der Waals surface area contributed by atoms with Gasteiger partial charge in [-0.2, -0.15) is 5.10 Å². The predicted octanol–water partition coefficient (Wildman–Crippen LogP) is 3.28. The van der Waals surface area contributed by atoms with E-state index >= 15 is 0 Å². The molecule has 1 unspecified atom stereocenters. The summed E-state index contributed by atoms with van der Waals surface area (Å²) in [5.41, 5.74) is 3.25. The quantitative estimate of drug-likeness (QED) is 0.785. The van der Waals surface area contributed by atoms with Crippen molar-refractivity contribution >= 4 is 11.3 Å². The van der Waals surface area contributed by atoms with Crippen LogP contribution in [0.3, 0.4) is 0 Å². The number of aromatic nitrogens is 4. The second-order valence-corrected chi connectivity index (χ2v) is 5.91. The third kappa shape index (κ3) is 2.93. The lowest BCUT2D eigenvalue weighted by atomic mass is 9.89. The molecule has 1 N–H and O–H groups in total. The molecule has 0 aromatic carbocycles. The Balaban J connectivity index is 1.82. The monoisotopic (exact) mass is 295 g/mol. The average molecular weight is 295 g/mol. The van der Waals surface area contributed by atoms with Crippen LogP contribution in [0.25, 0.3) is 5.52 Å². The first-order chi connectivity index (χ1) is 10.6. The van der Waals surface area contributed by atoms with Crippen molar-refractivity contribution in [1.82, 2.24) is 19.6 Å². The summed E-state index contributed by atoms with van der Waals surface area (Å²) in [5, 5.41) is 7.90. The molecular weight excluding hydrogens is 274 g/mol. The first kappa shape index (κ1) is 14.5. The highest BCUT2D eigenvalue weighted by Gasteiger charge is 2.16. The van der Waals surface area contributed by atoms with Crippen LogP contribution in [0.2, 0.25) is 0 Å². The molecule has 0 saturated carbocycles. The molecule has 3 aromatic heterocycles. The first-order valence-corrected chi connectivity index (χ1v) is 7.60. The maximum Gasteiger partial charge on any atom is 0.152 e. The number of hydrogen-bond acceptors (Lipinski definition) is 4. The Morgan fingerprint density at radius 2 is 2.14 bits per heavy atom. The van der Waals surface area contributed by atoms with Crippen LogP contribution in [0.15, 0.2) is 43.0 Å². The lowest BCUT2D eigenvalue weighted by molar-refractivity contribution is 0.515. The summed E-state index contributed by atoms with van der Waals surface area (Å²) in [4.78, 5) is 8.70. The van der Waals surface area contributed by atoms with Crippen molar-refractivity contribution in [3.8, 4) is 0 Å². The molecule has 3 aromatic rings. The molecule has 0 spiro atoms. The van der Waals surface area contributed by atoms with E-state index in [-0.39, 0.29) is 0 Å². The topological polar surface area (TPSA) is 55.1 Å². The summed E-state index contributed by atoms with van der Waals surface area (Å²) in [5.74, 6) is 1.78. The van der Waals surface area contributed by atoms with Gasteiger partial charge in [-0.25, -0.2) is 9.50 Å². The molecule has 0 radical (unpaired) electrons. The zero-order valence-electron chi connectivity index (χ0n) is 13.2. The fraction of sp³-hybridized carbons (Fsp3) is 0.353. The molecule has 0 aliphatic carbocycles. The number of hydrogen-bond donors (Lipinski definition) is 1. The summed E-state index contributed by atoms with van der Waals surface area (Å²) in [6, 6.07) is 6.17. The van der Waals surface area contributed by atoms with Crippen molar-refractivity contribution < 1.29 is 0 Å². The standard InChI is InChI=1S/C17H21N5/c1-12(2)15(14-5-4-6-18-10-14)11-20-17-16-9-13(3)21-22(16)8-7-19-17/h4-10,12,15H,11H2,1-3H3,(H,19,20). The van der Waals surface area contributed by atoms with Crippen molar-refractivity contribution in [3.05, 3.63) is 54.2 Å². The number of rotatable bonds is 5. The van der Waals surface area contributed by atoms with Gasteiger partial charge in [0.25, 0.3) is 0 Å². The van der Waals surface area contributed by atoms with E-state index in [1.165, 1.54) is 5.56 Å². The highest BCUT2D eigenvalue weighted by molar-refractivity contribution is 5.67. The molecule has 0 aliphatic heterocycles. The molecule has 0 amide bonds. The van der Waals surface area contributed by atoms with Crippen molar-refractivity contribution in [2.24, 2.45) is 5.92 Å². The Labute approximate surface area is 130 Å². The van der Waals surface area contributed by atoms with Crippen molar-refractivity contribution in [2.45, 2.75) is 26.7 Å². The van der Waals surface area contributed by atoms with E-state index in [4.69, 9.17) is 0 Å². The maximum absolute atomic E-state index is 4.46. The first-order valence-electron chi connectivity index (χ1n) is 7.60. The number of nitrogens with one attached hydrogen (secondary N) is 1. The van der Waals surface area contributed by atoms with E-state index in [1.807, 2.05) is 42.2 Å². The smallest absolute Gasteiger partial charge is 0.152 e. The lowest BCUT2D eigenvalue weighted by Crippen LogP contribution is -2.18. The summed E-state index contributed by atoms with van der Waals surface area (Å²) >= 11 is 0. The Kier molecular flexibility index (Phi) is 4.04. The predicted molar refractivity (Wildman–Crippen MR) is 88.0 cm³/mol. The molecular formula is C17H21N5. The second kappa shape index (κ2) is 6.13. The van der Waals surface area contributed by atoms with E-state index < -0.39 is 0 Å². The highest BCUT2D eigenvalue weighted by Crippen LogP contribution is 2.25. The molecule has 22 heavy (non-hydrogen) atoms. The largest absolute Gasteiger partial charge is 0.368 e. The summed E-state index contributed by atoms with van der Waals surface area (Å²) in [6.45, 7) is 7.27. The van der Waals surface area contributed by atoms with Gasteiger partial charge in [0.1, 0.15) is 5.52 Å². The van der Waals surface area contributed by atoms with Gasteiger partial charge in [-0.3, -0.25) is 4.98 Å². The van der Waals surface area contributed by atoms with Gasteiger partial charge < -0.3 is 5.32 Å².